The van der Waals surface area contributed by atoms with Crippen molar-refractivity contribution in [2.45, 2.75) is 62.7 Å². The number of allylic oxidation sites excluding steroid dienone is 7. The zero-order valence-electron chi connectivity index (χ0n) is 30.8. The highest BCUT2D eigenvalue weighted by atomic mass is 32.2. The molecule has 0 N–H and O–H groups in total. The summed E-state index contributed by atoms with van der Waals surface area (Å²) in [7, 11) is 4.12. The zero-order chi connectivity index (χ0) is 37.4. The molecule has 0 bridgehead atoms. The molecule has 268 valence electrons. The molecule has 3 aliphatic rings. The van der Waals surface area contributed by atoms with Crippen LogP contribution in [0.5, 0.6) is 0 Å². The molecule has 0 atom stereocenters. The van der Waals surface area contributed by atoms with E-state index in [9.17, 15) is 8.78 Å². The van der Waals surface area contributed by atoms with E-state index in [1.165, 1.54) is 32.7 Å². The summed E-state index contributed by atoms with van der Waals surface area (Å²) in [6, 6.07) is 25.6. The molecule has 5 aromatic rings. The largest absolute Gasteiger partial charge is 0.347 e. The Morgan fingerprint density at radius 3 is 2.02 bits per heavy atom. The van der Waals surface area contributed by atoms with Crippen LogP contribution in [0, 0.1) is 23.3 Å². The zero-order valence-corrected chi connectivity index (χ0v) is 31.6. The first kappa shape index (κ1) is 35.2. The van der Waals surface area contributed by atoms with Crippen LogP contribution in [0.4, 0.5) is 28.9 Å². The highest BCUT2D eigenvalue weighted by molar-refractivity contribution is 8.03. The molecule has 0 amide bonds. The summed E-state index contributed by atoms with van der Waals surface area (Å²) in [5.74, 6) is -5.61. The van der Waals surface area contributed by atoms with Crippen molar-refractivity contribution in [2.75, 3.05) is 19.0 Å². The standard InChI is InChI=1S/C46H41F4N2S/c1-45(2)37(51(5)35-22-18-27-12-7-9-16-31(27)39(35)45)24-20-29-14-11-15-30(43(29)53-44-41(49)33(47)26-34(48)42(44)50)21-25-38-46(3,4)40-32-17-10-8-13-28(32)19-23-36(40)52(38)6/h7-10,12-13,16-26H,11,14-15H2,1-6H3/q+1. The van der Waals surface area contributed by atoms with Crippen molar-refractivity contribution >= 4 is 50.4 Å². The molecular weight excluding hydrogens is 689 g/mol. The minimum absolute atomic E-state index is 0.265. The van der Waals surface area contributed by atoms with Crippen molar-refractivity contribution in [3.63, 3.8) is 0 Å². The minimum atomic E-state index is -1.42. The molecule has 0 unspecified atom stereocenters. The van der Waals surface area contributed by atoms with Gasteiger partial charge in [0.15, 0.2) is 29.0 Å². The van der Waals surface area contributed by atoms with Gasteiger partial charge in [-0.05, 0) is 89.6 Å². The third kappa shape index (κ3) is 5.58. The van der Waals surface area contributed by atoms with Crippen LogP contribution in [0.25, 0.3) is 21.5 Å². The summed E-state index contributed by atoms with van der Waals surface area (Å²) >= 11 is 0.771. The van der Waals surface area contributed by atoms with Gasteiger partial charge < -0.3 is 4.90 Å². The molecule has 0 fully saturated rings. The number of rotatable bonds is 5. The van der Waals surface area contributed by atoms with Gasteiger partial charge in [-0.3, -0.25) is 0 Å². The number of hydrogen-bond donors (Lipinski definition) is 0. The monoisotopic (exact) mass is 729 g/mol. The fourth-order valence-corrected chi connectivity index (χ4v) is 10.0. The van der Waals surface area contributed by atoms with E-state index >= 15 is 8.78 Å². The van der Waals surface area contributed by atoms with Gasteiger partial charge in [-0.2, -0.15) is 4.58 Å². The quantitative estimate of drug-likeness (QED) is 0.101. The summed E-state index contributed by atoms with van der Waals surface area (Å²) in [6.07, 6.45) is 10.4. The molecule has 2 nitrogen and oxygen atoms in total. The highest BCUT2D eigenvalue weighted by Crippen LogP contribution is 2.51. The van der Waals surface area contributed by atoms with Crippen LogP contribution < -0.4 is 4.90 Å². The van der Waals surface area contributed by atoms with E-state index in [2.05, 4.69) is 124 Å². The molecule has 0 aromatic heterocycles. The van der Waals surface area contributed by atoms with E-state index in [-0.39, 0.29) is 16.9 Å². The Labute approximate surface area is 312 Å². The second kappa shape index (κ2) is 12.9. The van der Waals surface area contributed by atoms with Crippen LogP contribution >= 0.6 is 11.8 Å². The third-order valence-electron chi connectivity index (χ3n) is 11.4. The molecule has 0 saturated carbocycles. The van der Waals surface area contributed by atoms with E-state index in [1.54, 1.807) is 0 Å². The summed E-state index contributed by atoms with van der Waals surface area (Å²) in [5.41, 5.74) is 7.94. The van der Waals surface area contributed by atoms with Crippen LogP contribution in [0.2, 0.25) is 0 Å². The molecule has 0 radical (unpaired) electrons. The van der Waals surface area contributed by atoms with Crippen LogP contribution in [-0.4, -0.2) is 24.4 Å². The van der Waals surface area contributed by atoms with Crippen molar-refractivity contribution in [3.05, 3.63) is 159 Å². The Morgan fingerprint density at radius 1 is 0.717 bits per heavy atom. The highest BCUT2D eigenvalue weighted by Gasteiger charge is 2.44. The molecule has 2 heterocycles. The lowest BCUT2D eigenvalue weighted by atomic mass is 9.78. The summed E-state index contributed by atoms with van der Waals surface area (Å²) in [5, 5.41) is 4.75. The normalized spacial score (nSPS) is 19.5. The van der Waals surface area contributed by atoms with Gasteiger partial charge in [-0.25, -0.2) is 17.6 Å². The predicted molar refractivity (Wildman–Crippen MR) is 212 cm³/mol. The Balaban J connectivity index is 1.25. The Morgan fingerprint density at radius 2 is 1.34 bits per heavy atom. The number of fused-ring (bicyclic) bond motifs is 6. The van der Waals surface area contributed by atoms with Crippen LogP contribution in [0.15, 0.2) is 130 Å². The van der Waals surface area contributed by atoms with Crippen LogP contribution in [0.3, 0.4) is 0 Å². The first-order valence-corrected chi connectivity index (χ1v) is 18.9. The molecule has 5 aromatic carbocycles. The third-order valence-corrected chi connectivity index (χ3v) is 12.7. The molecule has 7 heteroatoms. The lowest BCUT2D eigenvalue weighted by Gasteiger charge is -2.25. The minimum Gasteiger partial charge on any atom is -0.347 e. The number of thioether (sulfide) groups is 1. The first-order valence-electron chi connectivity index (χ1n) is 18.0. The first-order chi connectivity index (χ1) is 25.3. The Kier molecular flexibility index (Phi) is 8.56. The van der Waals surface area contributed by atoms with E-state index in [0.29, 0.717) is 17.7 Å². The fraction of sp³-hybridized carbons (Fsp3) is 0.239. The number of anilines is 1. The van der Waals surface area contributed by atoms with Gasteiger partial charge in [0.25, 0.3) is 0 Å². The van der Waals surface area contributed by atoms with E-state index in [1.807, 2.05) is 24.3 Å². The summed E-state index contributed by atoms with van der Waals surface area (Å²) in [6.45, 7) is 8.85. The van der Waals surface area contributed by atoms with Crippen molar-refractivity contribution < 1.29 is 22.1 Å². The maximum absolute atomic E-state index is 15.3. The van der Waals surface area contributed by atoms with Crippen LogP contribution in [-0.2, 0) is 10.8 Å². The fourth-order valence-electron chi connectivity index (χ4n) is 8.84. The van der Waals surface area contributed by atoms with E-state index < -0.39 is 28.2 Å². The van der Waals surface area contributed by atoms with Gasteiger partial charge in [0.1, 0.15) is 7.05 Å². The number of benzene rings is 5. The maximum atomic E-state index is 15.3. The maximum Gasteiger partial charge on any atom is 0.210 e. The second-order valence-corrected chi connectivity index (χ2v) is 16.3. The average Bonchev–Trinajstić information content (AvgIpc) is 3.47. The van der Waals surface area contributed by atoms with Crippen molar-refractivity contribution in [1.82, 2.24) is 0 Å². The molecule has 0 spiro atoms. The average molecular weight is 730 g/mol. The smallest absolute Gasteiger partial charge is 0.210 e. The summed E-state index contributed by atoms with van der Waals surface area (Å²) in [4.78, 5) is 2.14. The lowest BCUT2D eigenvalue weighted by Crippen LogP contribution is -2.27. The number of likely N-dealkylation sites (N-methyl/N-ethyl adjacent to an activating group) is 1. The number of halogens is 4. The van der Waals surface area contributed by atoms with Gasteiger partial charge in [0.2, 0.25) is 5.69 Å². The van der Waals surface area contributed by atoms with Crippen molar-refractivity contribution in [1.29, 1.82) is 0 Å². The van der Waals surface area contributed by atoms with Gasteiger partial charge >= 0.3 is 0 Å². The summed E-state index contributed by atoms with van der Waals surface area (Å²) < 4.78 is 61.9. The van der Waals surface area contributed by atoms with Crippen molar-refractivity contribution in [3.8, 4) is 0 Å². The van der Waals surface area contributed by atoms with E-state index in [0.717, 1.165) is 52.1 Å². The van der Waals surface area contributed by atoms with Gasteiger partial charge in [0.05, 0.1) is 10.3 Å². The molecule has 8 rings (SSSR count). The van der Waals surface area contributed by atoms with Gasteiger partial charge in [-0.15, -0.1) is 0 Å². The molecular formula is C46H41F4N2S+. The second-order valence-electron chi connectivity index (χ2n) is 15.3. The Hall–Kier alpha value is -4.88. The number of nitrogens with zero attached hydrogens (tertiary/aromatic N) is 2. The SMILES string of the molecule is CN1/C(=C/C=C2\CCCC(/C=C/C3=[N+](C)c4ccc5ccccc5c4C3(C)C)=C2Sc2c(F)c(F)cc(F)c2F)C(C)(C)c2c1ccc1ccccc21. The number of hydrogen-bond acceptors (Lipinski definition) is 2. The van der Waals surface area contributed by atoms with Gasteiger partial charge in [0, 0.05) is 52.5 Å². The molecule has 1 aliphatic carbocycles. The molecule has 0 saturated heterocycles. The lowest BCUT2D eigenvalue weighted by molar-refractivity contribution is -0.401. The topological polar surface area (TPSA) is 6.25 Å². The van der Waals surface area contributed by atoms with E-state index in [4.69, 9.17) is 0 Å². The van der Waals surface area contributed by atoms with Gasteiger partial charge in [-0.1, -0.05) is 92.4 Å². The molecule has 53 heavy (non-hydrogen) atoms. The predicted octanol–water partition coefficient (Wildman–Crippen LogP) is 12.6. The molecule has 2 aliphatic heterocycles. The van der Waals surface area contributed by atoms with Crippen molar-refractivity contribution in [2.24, 2.45) is 0 Å². The van der Waals surface area contributed by atoms with Crippen LogP contribution in [0.1, 0.15) is 58.1 Å². The Bertz CT molecular complexity index is 2510.